The number of hydrogen-bond donors (Lipinski definition) is 1. The van der Waals surface area contributed by atoms with E-state index < -0.39 is 0 Å². The Bertz CT molecular complexity index is 216. The summed E-state index contributed by atoms with van der Waals surface area (Å²) >= 11 is 0. The van der Waals surface area contributed by atoms with Gasteiger partial charge in [-0.15, -0.1) is 0 Å². The monoisotopic (exact) mass is 254 g/mol. The first-order chi connectivity index (χ1) is 8.49. The highest BCUT2D eigenvalue weighted by Gasteiger charge is 2.30. The van der Waals surface area contributed by atoms with E-state index in [0.717, 1.165) is 12.6 Å². The quantitative estimate of drug-likeness (QED) is 0.675. The van der Waals surface area contributed by atoms with Crippen LogP contribution in [0, 0.1) is 5.41 Å². The minimum atomic E-state index is 0.372. The fraction of sp³-hybridized carbons (Fsp3) is 1.00. The number of rotatable bonds is 9. The molecule has 108 valence electrons. The van der Waals surface area contributed by atoms with Crippen molar-refractivity contribution in [2.75, 3.05) is 19.6 Å². The lowest BCUT2D eigenvalue weighted by atomic mass is 9.84. The molecule has 0 aromatic carbocycles. The molecule has 0 aromatic heterocycles. The molecule has 0 saturated heterocycles. The first-order valence-corrected chi connectivity index (χ1v) is 7.96. The molecule has 0 aromatic rings. The highest BCUT2D eigenvalue weighted by molar-refractivity contribution is 4.87. The van der Waals surface area contributed by atoms with Crippen LogP contribution < -0.4 is 5.32 Å². The molecule has 1 atom stereocenters. The summed E-state index contributed by atoms with van der Waals surface area (Å²) in [6, 6.07) is 1.56. The predicted molar refractivity (Wildman–Crippen MR) is 81.0 cm³/mol. The van der Waals surface area contributed by atoms with Gasteiger partial charge in [-0.3, -0.25) is 0 Å². The first kappa shape index (κ1) is 16.0. The van der Waals surface area contributed by atoms with Crippen LogP contribution in [0.2, 0.25) is 0 Å². The van der Waals surface area contributed by atoms with Crippen molar-refractivity contribution in [3.05, 3.63) is 0 Å². The summed E-state index contributed by atoms with van der Waals surface area (Å²) < 4.78 is 0. The van der Waals surface area contributed by atoms with Crippen LogP contribution in [0.4, 0.5) is 0 Å². The zero-order valence-corrected chi connectivity index (χ0v) is 13.3. The average molecular weight is 254 g/mol. The van der Waals surface area contributed by atoms with Gasteiger partial charge < -0.3 is 10.2 Å². The van der Waals surface area contributed by atoms with Crippen molar-refractivity contribution >= 4 is 0 Å². The molecule has 0 heterocycles. The third-order valence-corrected chi connectivity index (χ3v) is 3.97. The summed E-state index contributed by atoms with van der Waals surface area (Å²) in [6.07, 6.45) is 6.68. The molecule has 0 bridgehead atoms. The highest BCUT2D eigenvalue weighted by atomic mass is 15.2. The molecule has 18 heavy (non-hydrogen) atoms. The van der Waals surface area contributed by atoms with Gasteiger partial charge in [-0.25, -0.2) is 0 Å². The number of nitrogens with one attached hydrogen (secondary N) is 1. The van der Waals surface area contributed by atoms with Gasteiger partial charge in [0.05, 0.1) is 0 Å². The Balaban J connectivity index is 2.38. The third-order valence-electron chi connectivity index (χ3n) is 3.97. The van der Waals surface area contributed by atoms with Crippen molar-refractivity contribution in [3.63, 3.8) is 0 Å². The topological polar surface area (TPSA) is 15.3 Å². The lowest BCUT2D eigenvalue weighted by molar-refractivity contribution is 0.199. The molecular formula is C16H34N2. The molecule has 1 saturated carbocycles. The van der Waals surface area contributed by atoms with Crippen molar-refractivity contribution in [2.24, 2.45) is 5.41 Å². The van der Waals surface area contributed by atoms with E-state index in [2.05, 4.69) is 44.8 Å². The molecule has 1 unspecified atom stereocenters. The van der Waals surface area contributed by atoms with Gasteiger partial charge >= 0.3 is 0 Å². The van der Waals surface area contributed by atoms with E-state index >= 15 is 0 Å². The van der Waals surface area contributed by atoms with Crippen LogP contribution in [-0.2, 0) is 0 Å². The number of hydrogen-bond acceptors (Lipinski definition) is 2. The second kappa shape index (κ2) is 7.49. The Hall–Kier alpha value is -0.0800. The Morgan fingerprint density at radius 3 is 2.22 bits per heavy atom. The average Bonchev–Trinajstić information content (AvgIpc) is 3.09. The van der Waals surface area contributed by atoms with Crippen LogP contribution in [-0.4, -0.2) is 36.6 Å². The van der Waals surface area contributed by atoms with Gasteiger partial charge in [0, 0.05) is 12.1 Å². The van der Waals surface area contributed by atoms with Gasteiger partial charge in [-0.1, -0.05) is 34.6 Å². The van der Waals surface area contributed by atoms with Crippen molar-refractivity contribution in [1.82, 2.24) is 10.2 Å². The highest BCUT2D eigenvalue weighted by Crippen LogP contribution is 2.28. The standard InChI is InChI=1S/C16H34N2/c1-6-11-17-15(16(3,4)5)10-13-18(12-7-2)14-8-9-14/h14-15,17H,6-13H2,1-5H3. The molecule has 0 radical (unpaired) electrons. The molecule has 1 aliphatic rings. The van der Waals surface area contributed by atoms with Crippen LogP contribution in [0.25, 0.3) is 0 Å². The van der Waals surface area contributed by atoms with Crippen LogP contribution >= 0.6 is 0 Å². The number of nitrogens with zero attached hydrogens (tertiary/aromatic N) is 1. The Kier molecular flexibility index (Phi) is 6.65. The molecule has 0 spiro atoms. The summed E-state index contributed by atoms with van der Waals surface area (Å²) in [5.74, 6) is 0. The van der Waals surface area contributed by atoms with Crippen LogP contribution in [0.15, 0.2) is 0 Å². The summed E-state index contributed by atoms with van der Waals surface area (Å²) in [4.78, 5) is 2.71. The van der Waals surface area contributed by atoms with Crippen molar-refractivity contribution < 1.29 is 0 Å². The molecule has 1 fully saturated rings. The zero-order valence-electron chi connectivity index (χ0n) is 13.3. The third kappa shape index (κ3) is 5.71. The van der Waals surface area contributed by atoms with Gasteiger partial charge in [0.1, 0.15) is 0 Å². The molecule has 1 aliphatic carbocycles. The molecule has 0 amide bonds. The fourth-order valence-corrected chi connectivity index (χ4v) is 2.66. The summed E-state index contributed by atoms with van der Waals surface area (Å²) in [7, 11) is 0. The predicted octanol–water partition coefficient (Wildman–Crippen LogP) is 3.67. The molecule has 1 N–H and O–H groups in total. The second-order valence-electron chi connectivity index (χ2n) is 6.93. The molecular weight excluding hydrogens is 220 g/mol. The maximum atomic E-state index is 3.74. The van der Waals surface area contributed by atoms with Crippen LogP contribution in [0.5, 0.6) is 0 Å². The van der Waals surface area contributed by atoms with Crippen molar-refractivity contribution in [2.45, 2.75) is 78.8 Å². The largest absolute Gasteiger partial charge is 0.313 e. The molecule has 2 nitrogen and oxygen atoms in total. The van der Waals surface area contributed by atoms with E-state index in [4.69, 9.17) is 0 Å². The van der Waals surface area contributed by atoms with Gasteiger partial charge in [-0.05, 0) is 57.2 Å². The Morgan fingerprint density at radius 1 is 1.11 bits per heavy atom. The Morgan fingerprint density at radius 2 is 1.78 bits per heavy atom. The molecule has 2 heteroatoms. The fourth-order valence-electron chi connectivity index (χ4n) is 2.66. The van der Waals surface area contributed by atoms with Crippen molar-refractivity contribution in [1.29, 1.82) is 0 Å². The first-order valence-electron chi connectivity index (χ1n) is 7.96. The van der Waals surface area contributed by atoms with Crippen LogP contribution in [0.3, 0.4) is 0 Å². The van der Waals surface area contributed by atoms with E-state index in [1.54, 1.807) is 0 Å². The summed E-state index contributed by atoms with van der Waals surface area (Å²) in [6.45, 7) is 15.3. The SMILES string of the molecule is CCCNC(CCN(CCC)C1CC1)C(C)(C)C. The van der Waals surface area contributed by atoms with E-state index in [1.807, 2.05) is 0 Å². The molecule has 0 aliphatic heterocycles. The summed E-state index contributed by atoms with van der Waals surface area (Å²) in [5, 5.41) is 3.74. The minimum Gasteiger partial charge on any atom is -0.313 e. The smallest absolute Gasteiger partial charge is 0.0128 e. The minimum absolute atomic E-state index is 0.372. The van der Waals surface area contributed by atoms with Gasteiger partial charge in [-0.2, -0.15) is 0 Å². The Labute approximate surface area is 115 Å². The lowest BCUT2D eigenvalue weighted by Gasteiger charge is -2.34. The van der Waals surface area contributed by atoms with E-state index in [9.17, 15) is 0 Å². The van der Waals surface area contributed by atoms with Gasteiger partial charge in [0.25, 0.3) is 0 Å². The second-order valence-corrected chi connectivity index (χ2v) is 6.93. The van der Waals surface area contributed by atoms with E-state index in [-0.39, 0.29) is 0 Å². The normalized spacial score (nSPS) is 18.3. The van der Waals surface area contributed by atoms with Crippen molar-refractivity contribution in [3.8, 4) is 0 Å². The van der Waals surface area contributed by atoms with E-state index in [0.29, 0.717) is 11.5 Å². The lowest BCUT2D eigenvalue weighted by Crippen LogP contribution is -2.43. The van der Waals surface area contributed by atoms with Gasteiger partial charge in [0.15, 0.2) is 0 Å². The van der Waals surface area contributed by atoms with Crippen LogP contribution in [0.1, 0.15) is 66.7 Å². The molecule has 1 rings (SSSR count). The summed E-state index contributed by atoms with van der Waals surface area (Å²) in [5.41, 5.74) is 0.372. The zero-order chi connectivity index (χ0) is 13.6. The van der Waals surface area contributed by atoms with Gasteiger partial charge in [0.2, 0.25) is 0 Å². The maximum absolute atomic E-state index is 3.74. The van der Waals surface area contributed by atoms with E-state index in [1.165, 1.54) is 45.2 Å². The maximum Gasteiger partial charge on any atom is 0.0128 e.